The molecule has 0 bridgehead atoms. The molecule has 0 spiro atoms. The molecule has 0 unspecified atom stereocenters. The Hall–Kier alpha value is -1.09. The maximum Gasteiger partial charge on any atom is 0.137 e. The van der Waals surface area contributed by atoms with Gasteiger partial charge in [-0.15, -0.1) is 0 Å². The molecular formula is C10H9BrN2. The molecule has 3 heteroatoms. The van der Waals surface area contributed by atoms with Crippen LogP contribution in [-0.2, 0) is 0 Å². The van der Waals surface area contributed by atoms with E-state index in [9.17, 15) is 0 Å². The number of benzene rings is 1. The van der Waals surface area contributed by atoms with Gasteiger partial charge in [0.25, 0.3) is 0 Å². The van der Waals surface area contributed by atoms with Crippen molar-refractivity contribution in [3.05, 3.63) is 40.6 Å². The fraction of sp³-hybridized carbons (Fsp3) is 0.100. The monoisotopic (exact) mass is 236 g/mol. The molecule has 2 nitrogen and oxygen atoms in total. The van der Waals surface area contributed by atoms with Crippen molar-refractivity contribution in [3.8, 4) is 11.4 Å². The first-order valence-electron chi connectivity index (χ1n) is 4.02. The van der Waals surface area contributed by atoms with E-state index in [4.69, 9.17) is 0 Å². The van der Waals surface area contributed by atoms with Crippen molar-refractivity contribution < 1.29 is 0 Å². The number of H-pyrrole nitrogens is 1. The van der Waals surface area contributed by atoms with Gasteiger partial charge in [-0.05, 0) is 30.7 Å². The van der Waals surface area contributed by atoms with E-state index in [1.165, 1.54) is 5.56 Å². The highest BCUT2D eigenvalue weighted by atomic mass is 79.9. The molecule has 0 saturated carbocycles. The summed E-state index contributed by atoms with van der Waals surface area (Å²) < 4.78 is 1.08. The second-order valence-electron chi connectivity index (χ2n) is 2.96. The normalized spacial score (nSPS) is 10.3. The number of aryl methyl sites for hydroxylation is 1. The highest BCUT2D eigenvalue weighted by Gasteiger charge is 2.00. The Morgan fingerprint density at radius 2 is 2.15 bits per heavy atom. The van der Waals surface area contributed by atoms with Crippen LogP contribution >= 0.6 is 15.9 Å². The molecule has 0 amide bonds. The van der Waals surface area contributed by atoms with Gasteiger partial charge in [-0.25, -0.2) is 4.98 Å². The molecule has 0 aliphatic rings. The number of halogens is 1. The molecule has 1 heterocycles. The molecule has 2 aromatic rings. The fourth-order valence-corrected chi connectivity index (χ4v) is 1.90. The van der Waals surface area contributed by atoms with E-state index in [1.54, 1.807) is 6.20 Å². The maximum atomic E-state index is 4.19. The lowest BCUT2D eigenvalue weighted by molar-refractivity contribution is 1.30. The fourth-order valence-electron chi connectivity index (χ4n) is 1.30. The second-order valence-corrected chi connectivity index (χ2v) is 3.87. The van der Waals surface area contributed by atoms with Crippen LogP contribution in [0.15, 0.2) is 35.1 Å². The highest BCUT2D eigenvalue weighted by molar-refractivity contribution is 9.10. The number of nitrogens with one attached hydrogen (secondary N) is 1. The van der Waals surface area contributed by atoms with Crippen molar-refractivity contribution in [1.82, 2.24) is 9.97 Å². The Kier molecular flexibility index (Phi) is 2.19. The van der Waals surface area contributed by atoms with Crippen LogP contribution in [0.4, 0.5) is 0 Å². The maximum absolute atomic E-state index is 4.19. The van der Waals surface area contributed by atoms with Crippen molar-refractivity contribution >= 4 is 15.9 Å². The summed E-state index contributed by atoms with van der Waals surface area (Å²) in [6.07, 6.45) is 3.58. The standard InChI is InChI=1S/C10H9BrN2/c1-7-4-8(6-9(11)5-7)10-12-2-3-13-10/h2-6H,1H3,(H,12,13). The molecule has 1 N–H and O–H groups in total. The van der Waals surface area contributed by atoms with Crippen molar-refractivity contribution in [2.75, 3.05) is 0 Å². The molecule has 66 valence electrons. The van der Waals surface area contributed by atoms with Gasteiger partial charge in [0, 0.05) is 22.4 Å². The van der Waals surface area contributed by atoms with Crippen LogP contribution in [0, 0.1) is 6.92 Å². The predicted molar refractivity (Wildman–Crippen MR) is 56.5 cm³/mol. The van der Waals surface area contributed by atoms with Crippen LogP contribution in [-0.4, -0.2) is 9.97 Å². The molecule has 13 heavy (non-hydrogen) atoms. The Bertz CT molecular complexity index is 387. The zero-order valence-electron chi connectivity index (χ0n) is 7.21. The average molecular weight is 237 g/mol. The zero-order chi connectivity index (χ0) is 9.26. The molecule has 1 aromatic heterocycles. The van der Waals surface area contributed by atoms with Crippen LogP contribution in [0.1, 0.15) is 5.56 Å². The van der Waals surface area contributed by atoms with Gasteiger partial charge in [-0.2, -0.15) is 0 Å². The van der Waals surface area contributed by atoms with Crippen molar-refractivity contribution in [3.63, 3.8) is 0 Å². The average Bonchev–Trinajstić information content (AvgIpc) is 2.53. The van der Waals surface area contributed by atoms with E-state index in [2.05, 4.69) is 45.0 Å². The van der Waals surface area contributed by atoms with Gasteiger partial charge in [0.1, 0.15) is 5.82 Å². The molecule has 0 aliphatic heterocycles. The third-order valence-electron chi connectivity index (χ3n) is 1.81. The highest BCUT2D eigenvalue weighted by Crippen LogP contribution is 2.21. The summed E-state index contributed by atoms with van der Waals surface area (Å²) in [5.41, 5.74) is 2.33. The van der Waals surface area contributed by atoms with Gasteiger partial charge in [0.15, 0.2) is 0 Å². The summed E-state index contributed by atoms with van der Waals surface area (Å²) in [5.74, 6) is 0.907. The first kappa shape index (κ1) is 8.51. The van der Waals surface area contributed by atoms with Gasteiger partial charge < -0.3 is 4.98 Å². The third-order valence-corrected chi connectivity index (χ3v) is 2.27. The zero-order valence-corrected chi connectivity index (χ0v) is 8.80. The van der Waals surface area contributed by atoms with E-state index in [0.717, 1.165) is 15.9 Å². The van der Waals surface area contributed by atoms with Crippen LogP contribution in [0.3, 0.4) is 0 Å². The summed E-state index contributed by atoms with van der Waals surface area (Å²) in [5, 5.41) is 0. The number of nitrogens with zero attached hydrogens (tertiary/aromatic N) is 1. The Labute approximate surface area is 85.1 Å². The minimum Gasteiger partial charge on any atom is -0.345 e. The minimum atomic E-state index is 0.907. The second kappa shape index (κ2) is 3.34. The van der Waals surface area contributed by atoms with E-state index < -0.39 is 0 Å². The molecule has 0 aliphatic carbocycles. The molecule has 0 fully saturated rings. The van der Waals surface area contributed by atoms with Crippen LogP contribution < -0.4 is 0 Å². The summed E-state index contributed by atoms with van der Waals surface area (Å²) in [6, 6.07) is 6.22. The lowest BCUT2D eigenvalue weighted by Crippen LogP contribution is -1.82. The molecule has 0 radical (unpaired) electrons. The van der Waals surface area contributed by atoms with E-state index >= 15 is 0 Å². The largest absolute Gasteiger partial charge is 0.345 e. The topological polar surface area (TPSA) is 28.7 Å². The molecule has 0 saturated heterocycles. The smallest absolute Gasteiger partial charge is 0.137 e. The van der Waals surface area contributed by atoms with Crippen LogP contribution in [0.5, 0.6) is 0 Å². The number of aromatic amines is 1. The summed E-state index contributed by atoms with van der Waals surface area (Å²) >= 11 is 3.46. The van der Waals surface area contributed by atoms with Gasteiger partial charge >= 0.3 is 0 Å². The van der Waals surface area contributed by atoms with Crippen molar-refractivity contribution in [2.24, 2.45) is 0 Å². The summed E-state index contributed by atoms with van der Waals surface area (Å²) in [7, 11) is 0. The first-order chi connectivity index (χ1) is 6.25. The number of imidazole rings is 1. The first-order valence-corrected chi connectivity index (χ1v) is 4.82. The Morgan fingerprint density at radius 1 is 1.31 bits per heavy atom. The third kappa shape index (κ3) is 1.80. The number of rotatable bonds is 1. The van der Waals surface area contributed by atoms with Crippen LogP contribution in [0.2, 0.25) is 0 Å². The van der Waals surface area contributed by atoms with Gasteiger partial charge in [0.05, 0.1) is 0 Å². The molecule has 2 rings (SSSR count). The Balaban J connectivity index is 2.53. The molecule has 1 aromatic carbocycles. The van der Waals surface area contributed by atoms with E-state index in [0.29, 0.717) is 0 Å². The SMILES string of the molecule is Cc1cc(Br)cc(-c2ncc[nH]2)c1. The van der Waals surface area contributed by atoms with E-state index in [1.807, 2.05) is 12.3 Å². The number of hydrogen-bond donors (Lipinski definition) is 1. The van der Waals surface area contributed by atoms with Crippen LogP contribution in [0.25, 0.3) is 11.4 Å². The number of aromatic nitrogens is 2. The van der Waals surface area contributed by atoms with Gasteiger partial charge in [-0.1, -0.05) is 15.9 Å². The summed E-state index contributed by atoms with van der Waals surface area (Å²) in [6.45, 7) is 2.07. The Morgan fingerprint density at radius 3 is 2.77 bits per heavy atom. The van der Waals surface area contributed by atoms with Gasteiger partial charge in [0.2, 0.25) is 0 Å². The predicted octanol–water partition coefficient (Wildman–Crippen LogP) is 3.15. The van der Waals surface area contributed by atoms with Crippen molar-refractivity contribution in [2.45, 2.75) is 6.92 Å². The lowest BCUT2D eigenvalue weighted by Gasteiger charge is -2.00. The van der Waals surface area contributed by atoms with Crippen molar-refractivity contribution in [1.29, 1.82) is 0 Å². The molecule has 0 atom stereocenters. The molecular weight excluding hydrogens is 228 g/mol. The summed E-state index contributed by atoms with van der Waals surface area (Å²) in [4.78, 5) is 7.27. The van der Waals surface area contributed by atoms with E-state index in [-0.39, 0.29) is 0 Å². The minimum absolute atomic E-state index is 0.907. The lowest BCUT2D eigenvalue weighted by atomic mass is 10.1. The number of hydrogen-bond acceptors (Lipinski definition) is 1. The quantitative estimate of drug-likeness (QED) is 0.810. The van der Waals surface area contributed by atoms with Gasteiger partial charge in [-0.3, -0.25) is 0 Å².